The molecule has 1 aromatic heterocycles. The zero-order valence-electron chi connectivity index (χ0n) is 17.2. The van der Waals surface area contributed by atoms with E-state index in [4.69, 9.17) is 21.1 Å². The number of aliphatic imine (C=N–C) groups is 1. The van der Waals surface area contributed by atoms with Crippen LogP contribution in [0.25, 0.3) is 16.2 Å². The van der Waals surface area contributed by atoms with Crippen LogP contribution in [0.2, 0.25) is 5.02 Å². The average Bonchev–Trinajstić information content (AvgIpc) is 3.35. The Hall–Kier alpha value is -3.74. The predicted octanol–water partition coefficient (Wildman–Crippen LogP) is 6.31. The first-order valence-corrected chi connectivity index (χ1v) is 11.3. The van der Waals surface area contributed by atoms with Crippen molar-refractivity contribution in [2.24, 2.45) is 4.99 Å². The maximum Gasteiger partial charge on any atom is 0.363 e. The molecule has 3 aromatic carbocycles. The summed E-state index contributed by atoms with van der Waals surface area (Å²) in [5, 5.41) is 1.17. The summed E-state index contributed by atoms with van der Waals surface area (Å²) >= 11 is 7.69. The van der Waals surface area contributed by atoms with Gasteiger partial charge in [0.15, 0.2) is 5.70 Å². The number of nitrogens with zero attached hydrogens (tertiary/aromatic N) is 1. The third-order valence-corrected chi connectivity index (χ3v) is 6.65. The van der Waals surface area contributed by atoms with Crippen LogP contribution in [0.15, 0.2) is 89.6 Å². The lowest BCUT2D eigenvalue weighted by atomic mass is 10.1. The van der Waals surface area contributed by atoms with E-state index in [-0.39, 0.29) is 5.70 Å². The number of fused-ring (bicyclic) bond motifs is 1. The highest BCUT2D eigenvalue weighted by Crippen LogP contribution is 2.36. The number of carbonyl (C=O) groups is 2. The van der Waals surface area contributed by atoms with Gasteiger partial charge in [-0.3, -0.25) is 0 Å². The van der Waals surface area contributed by atoms with Gasteiger partial charge in [-0.05, 0) is 23.8 Å². The summed E-state index contributed by atoms with van der Waals surface area (Å²) in [6, 6.07) is 24.1. The van der Waals surface area contributed by atoms with Gasteiger partial charge in [0, 0.05) is 22.1 Å². The SMILES string of the molecule is O=C1OC(Cc2ccccc2)=N/C1=C/c1ccccc1OC(=O)c1sc2ccccc2c1Cl. The van der Waals surface area contributed by atoms with E-state index in [9.17, 15) is 9.59 Å². The third-order valence-electron chi connectivity index (χ3n) is 5.00. The van der Waals surface area contributed by atoms with Gasteiger partial charge in [-0.2, -0.15) is 0 Å². The molecular formula is C26H16ClNO4S. The molecule has 2 heterocycles. The number of hydrogen-bond acceptors (Lipinski definition) is 6. The Balaban J connectivity index is 1.40. The highest BCUT2D eigenvalue weighted by molar-refractivity contribution is 7.21. The van der Waals surface area contributed by atoms with Crippen molar-refractivity contribution in [3.05, 3.63) is 106 Å². The van der Waals surface area contributed by atoms with Crippen LogP contribution in [0.1, 0.15) is 20.8 Å². The van der Waals surface area contributed by atoms with Crippen molar-refractivity contribution in [3.63, 3.8) is 0 Å². The summed E-state index contributed by atoms with van der Waals surface area (Å²) in [5.74, 6) is -0.490. The molecule has 5 rings (SSSR count). The van der Waals surface area contributed by atoms with E-state index in [1.807, 2.05) is 54.6 Å². The van der Waals surface area contributed by atoms with E-state index in [1.54, 1.807) is 30.3 Å². The van der Waals surface area contributed by atoms with Crippen LogP contribution in [0, 0.1) is 0 Å². The van der Waals surface area contributed by atoms with Crippen molar-refractivity contribution in [1.29, 1.82) is 0 Å². The number of rotatable bonds is 5. The van der Waals surface area contributed by atoms with Crippen molar-refractivity contribution < 1.29 is 19.1 Å². The lowest BCUT2D eigenvalue weighted by Gasteiger charge is -2.07. The number of carbonyl (C=O) groups excluding carboxylic acids is 2. The molecule has 0 amide bonds. The molecule has 0 spiro atoms. The normalized spacial score (nSPS) is 14.4. The van der Waals surface area contributed by atoms with E-state index in [0.29, 0.717) is 33.5 Å². The van der Waals surface area contributed by atoms with Gasteiger partial charge in [0.25, 0.3) is 0 Å². The summed E-state index contributed by atoms with van der Waals surface area (Å²) in [5.41, 5.74) is 1.66. The molecule has 7 heteroatoms. The Morgan fingerprint density at radius 1 is 1.00 bits per heavy atom. The minimum atomic E-state index is -0.561. The molecule has 0 aliphatic carbocycles. The van der Waals surface area contributed by atoms with Crippen LogP contribution in [0.5, 0.6) is 5.75 Å². The standard InChI is InChI=1S/C26H16ClNO4S/c27-23-18-11-5-7-13-21(18)33-24(23)26(30)31-20-12-6-4-10-17(20)15-19-25(29)32-22(28-19)14-16-8-2-1-3-9-16/h1-13,15H,14H2/b19-15+. The highest BCUT2D eigenvalue weighted by atomic mass is 35.5. The van der Waals surface area contributed by atoms with Gasteiger partial charge >= 0.3 is 11.9 Å². The molecule has 0 atom stereocenters. The van der Waals surface area contributed by atoms with Crippen LogP contribution < -0.4 is 4.74 Å². The van der Waals surface area contributed by atoms with Gasteiger partial charge in [0.05, 0.1) is 5.02 Å². The van der Waals surface area contributed by atoms with E-state index in [2.05, 4.69) is 4.99 Å². The summed E-state index contributed by atoms with van der Waals surface area (Å²) in [6.07, 6.45) is 1.96. The monoisotopic (exact) mass is 473 g/mol. The molecule has 162 valence electrons. The summed E-state index contributed by atoms with van der Waals surface area (Å²) in [7, 11) is 0. The van der Waals surface area contributed by atoms with E-state index >= 15 is 0 Å². The summed E-state index contributed by atoms with van der Waals surface area (Å²) < 4.78 is 11.9. The lowest BCUT2D eigenvalue weighted by Crippen LogP contribution is -2.08. The molecule has 33 heavy (non-hydrogen) atoms. The van der Waals surface area contributed by atoms with Gasteiger partial charge in [0.1, 0.15) is 10.6 Å². The van der Waals surface area contributed by atoms with Crippen molar-refractivity contribution in [2.75, 3.05) is 0 Å². The Bertz CT molecular complexity index is 1440. The molecule has 0 bridgehead atoms. The van der Waals surface area contributed by atoms with Gasteiger partial charge in [-0.25, -0.2) is 14.6 Å². The molecule has 5 nitrogen and oxygen atoms in total. The molecule has 0 N–H and O–H groups in total. The maximum atomic E-state index is 12.9. The second kappa shape index (κ2) is 9.02. The Morgan fingerprint density at radius 3 is 2.55 bits per heavy atom. The van der Waals surface area contributed by atoms with Gasteiger partial charge in [-0.1, -0.05) is 78.3 Å². The third kappa shape index (κ3) is 4.44. The van der Waals surface area contributed by atoms with Crippen LogP contribution >= 0.6 is 22.9 Å². The largest absolute Gasteiger partial charge is 0.422 e. The summed E-state index contributed by atoms with van der Waals surface area (Å²) in [4.78, 5) is 29.9. The fraction of sp³-hybridized carbons (Fsp3) is 0.0385. The quantitative estimate of drug-likeness (QED) is 0.193. The second-order valence-corrected chi connectivity index (χ2v) is 8.69. The first-order valence-electron chi connectivity index (χ1n) is 10.1. The van der Waals surface area contributed by atoms with Gasteiger partial charge in [-0.15, -0.1) is 11.3 Å². The highest BCUT2D eigenvalue weighted by Gasteiger charge is 2.24. The van der Waals surface area contributed by atoms with Crippen LogP contribution in [0.4, 0.5) is 0 Å². The van der Waals surface area contributed by atoms with E-state index in [0.717, 1.165) is 15.6 Å². The molecule has 0 saturated carbocycles. The minimum absolute atomic E-state index is 0.143. The number of para-hydroxylation sites is 1. The first kappa shape index (κ1) is 21.1. The number of hydrogen-bond donors (Lipinski definition) is 0. The first-order chi connectivity index (χ1) is 16.1. The number of esters is 2. The summed E-state index contributed by atoms with van der Waals surface area (Å²) in [6.45, 7) is 0. The van der Waals surface area contributed by atoms with Gasteiger partial charge < -0.3 is 9.47 Å². The number of benzene rings is 3. The molecule has 1 aliphatic heterocycles. The van der Waals surface area contributed by atoms with Crippen molar-refractivity contribution >= 4 is 56.9 Å². The Labute approximate surface area is 198 Å². The smallest absolute Gasteiger partial charge is 0.363 e. The number of cyclic esters (lactones) is 1. The topological polar surface area (TPSA) is 65.0 Å². The molecular weight excluding hydrogens is 458 g/mol. The molecule has 0 unspecified atom stereocenters. The van der Waals surface area contributed by atoms with E-state index < -0.39 is 11.9 Å². The van der Waals surface area contributed by atoms with E-state index in [1.165, 1.54) is 11.3 Å². The molecule has 0 saturated heterocycles. The number of thiophene rings is 1. The molecule has 0 radical (unpaired) electrons. The number of ether oxygens (including phenoxy) is 2. The second-order valence-electron chi connectivity index (χ2n) is 7.26. The Morgan fingerprint density at radius 2 is 1.73 bits per heavy atom. The van der Waals surface area contributed by atoms with Crippen LogP contribution in [0.3, 0.4) is 0 Å². The zero-order valence-corrected chi connectivity index (χ0v) is 18.7. The zero-order chi connectivity index (χ0) is 22.8. The lowest BCUT2D eigenvalue weighted by molar-refractivity contribution is -0.130. The predicted molar refractivity (Wildman–Crippen MR) is 130 cm³/mol. The minimum Gasteiger partial charge on any atom is -0.422 e. The fourth-order valence-corrected chi connectivity index (χ4v) is 4.82. The average molecular weight is 474 g/mol. The Kier molecular flexibility index (Phi) is 5.77. The maximum absolute atomic E-state index is 12.9. The van der Waals surface area contributed by atoms with Gasteiger partial charge in [0.2, 0.25) is 5.90 Å². The van der Waals surface area contributed by atoms with Crippen molar-refractivity contribution in [2.45, 2.75) is 6.42 Å². The molecule has 4 aromatic rings. The fourth-order valence-electron chi connectivity index (χ4n) is 3.43. The van der Waals surface area contributed by atoms with Crippen LogP contribution in [-0.2, 0) is 16.0 Å². The molecule has 0 fully saturated rings. The van der Waals surface area contributed by atoms with Crippen molar-refractivity contribution in [3.8, 4) is 5.75 Å². The van der Waals surface area contributed by atoms with Crippen LogP contribution in [-0.4, -0.2) is 17.8 Å². The van der Waals surface area contributed by atoms with Crippen molar-refractivity contribution in [1.82, 2.24) is 0 Å². The number of halogens is 1. The molecule has 1 aliphatic rings.